The Morgan fingerprint density at radius 3 is 2.32 bits per heavy atom. The average Bonchev–Trinajstić information content (AvgIpc) is 2.61. The van der Waals surface area contributed by atoms with Gasteiger partial charge >= 0.3 is 0 Å². The van der Waals surface area contributed by atoms with Crippen molar-refractivity contribution >= 4 is 5.91 Å². The maximum Gasteiger partial charge on any atom is 0.250 e. The fourth-order valence-corrected chi connectivity index (χ4v) is 6.94. The summed E-state index contributed by atoms with van der Waals surface area (Å²) in [6, 6.07) is 0.625. The number of piperidine rings is 1. The van der Waals surface area contributed by atoms with E-state index in [4.69, 9.17) is 4.74 Å². The van der Waals surface area contributed by atoms with Crippen molar-refractivity contribution in [1.82, 2.24) is 15.5 Å². The molecule has 5 heteroatoms. The van der Waals surface area contributed by atoms with Crippen molar-refractivity contribution in [3.63, 3.8) is 0 Å². The fraction of sp³-hybridized carbons (Fsp3) is 0.950. The molecule has 140 valence electrons. The van der Waals surface area contributed by atoms with Gasteiger partial charge in [-0.3, -0.25) is 9.69 Å². The topological polar surface area (TPSA) is 53.6 Å². The second-order valence-corrected chi connectivity index (χ2v) is 9.52. The lowest BCUT2D eigenvalue weighted by molar-refractivity contribution is -0.145. The van der Waals surface area contributed by atoms with E-state index in [-0.39, 0.29) is 17.6 Å². The summed E-state index contributed by atoms with van der Waals surface area (Å²) in [6.45, 7) is 4.66. The van der Waals surface area contributed by atoms with Gasteiger partial charge in [-0.25, -0.2) is 0 Å². The lowest BCUT2D eigenvalue weighted by atomic mass is 9.53. The van der Waals surface area contributed by atoms with Crippen molar-refractivity contribution in [2.45, 2.75) is 69.1 Å². The van der Waals surface area contributed by atoms with E-state index < -0.39 is 0 Å². The predicted molar refractivity (Wildman–Crippen MR) is 96.3 cm³/mol. The Hall–Kier alpha value is -0.650. The van der Waals surface area contributed by atoms with E-state index >= 15 is 0 Å². The first-order valence-electron chi connectivity index (χ1n) is 10.6. The quantitative estimate of drug-likeness (QED) is 0.813. The molecule has 0 radical (unpaired) electrons. The van der Waals surface area contributed by atoms with Crippen molar-refractivity contribution in [3.8, 4) is 0 Å². The van der Waals surface area contributed by atoms with Gasteiger partial charge < -0.3 is 15.4 Å². The Kier molecular flexibility index (Phi) is 4.30. The molecule has 4 aliphatic carbocycles. The highest BCUT2D eigenvalue weighted by Crippen LogP contribution is 2.55. The van der Waals surface area contributed by atoms with E-state index in [1.807, 2.05) is 0 Å². The normalized spacial score (nSPS) is 44.8. The Balaban J connectivity index is 1.22. The lowest BCUT2D eigenvalue weighted by Crippen LogP contribution is -2.63. The summed E-state index contributed by atoms with van der Waals surface area (Å²) in [5.41, 5.74) is 0.103. The van der Waals surface area contributed by atoms with Crippen LogP contribution in [-0.4, -0.2) is 61.3 Å². The molecule has 4 saturated carbocycles. The van der Waals surface area contributed by atoms with Gasteiger partial charge in [-0.15, -0.1) is 0 Å². The van der Waals surface area contributed by atoms with Crippen LogP contribution in [0.3, 0.4) is 0 Å². The largest absolute Gasteiger partial charge is 0.366 e. The molecule has 0 aromatic rings. The van der Waals surface area contributed by atoms with E-state index in [1.165, 1.54) is 51.4 Å². The summed E-state index contributed by atoms with van der Waals surface area (Å²) in [5.74, 6) is 2.76. The highest BCUT2D eigenvalue weighted by molar-refractivity contribution is 5.82. The minimum atomic E-state index is -0.267. The van der Waals surface area contributed by atoms with Crippen molar-refractivity contribution in [2.75, 3.05) is 32.8 Å². The van der Waals surface area contributed by atoms with E-state index in [1.54, 1.807) is 0 Å². The monoisotopic (exact) mass is 347 g/mol. The van der Waals surface area contributed by atoms with Gasteiger partial charge in [0.25, 0.3) is 5.91 Å². The summed E-state index contributed by atoms with van der Waals surface area (Å²) < 4.78 is 5.91. The number of nitrogens with zero attached hydrogens (tertiary/aromatic N) is 1. The molecular weight excluding hydrogens is 314 g/mol. The molecule has 6 fully saturated rings. The third-order valence-electron chi connectivity index (χ3n) is 7.64. The van der Waals surface area contributed by atoms with Crippen molar-refractivity contribution in [2.24, 2.45) is 17.8 Å². The fourth-order valence-electron chi connectivity index (χ4n) is 6.94. The minimum Gasteiger partial charge on any atom is -0.366 e. The molecule has 2 N–H and O–H groups in total. The molecule has 25 heavy (non-hydrogen) atoms. The third-order valence-corrected chi connectivity index (χ3v) is 7.64. The van der Waals surface area contributed by atoms with Crippen LogP contribution in [0.1, 0.15) is 51.4 Å². The molecule has 1 amide bonds. The first-order valence-corrected chi connectivity index (χ1v) is 10.6. The number of nitrogens with one attached hydrogen (secondary N) is 2. The molecule has 4 bridgehead atoms. The highest BCUT2D eigenvalue weighted by atomic mass is 16.5. The molecule has 2 heterocycles. The zero-order chi connectivity index (χ0) is 16.9. The first-order chi connectivity index (χ1) is 12.2. The number of hydrogen-bond acceptors (Lipinski definition) is 4. The highest BCUT2D eigenvalue weighted by Gasteiger charge is 2.52. The van der Waals surface area contributed by atoms with Gasteiger partial charge in [0, 0.05) is 24.7 Å². The van der Waals surface area contributed by atoms with Gasteiger partial charge in [0.2, 0.25) is 0 Å². The Labute approximate surface area is 151 Å². The Morgan fingerprint density at radius 1 is 1.04 bits per heavy atom. The van der Waals surface area contributed by atoms with Crippen LogP contribution in [0.5, 0.6) is 0 Å². The van der Waals surface area contributed by atoms with E-state index in [2.05, 4.69) is 15.5 Å². The number of morpholine rings is 1. The van der Waals surface area contributed by atoms with Gasteiger partial charge in [0.05, 0.1) is 6.61 Å². The molecule has 1 unspecified atom stereocenters. The van der Waals surface area contributed by atoms with E-state index in [9.17, 15) is 4.79 Å². The van der Waals surface area contributed by atoms with Crippen molar-refractivity contribution < 1.29 is 9.53 Å². The molecule has 5 nitrogen and oxygen atoms in total. The molecule has 2 aliphatic heterocycles. The number of hydrogen-bond donors (Lipinski definition) is 2. The summed E-state index contributed by atoms with van der Waals surface area (Å²) in [4.78, 5) is 15.5. The molecule has 0 aromatic carbocycles. The first kappa shape index (κ1) is 16.5. The molecule has 1 atom stereocenters. The molecule has 6 rings (SSSR count). The minimum absolute atomic E-state index is 0.103. The SMILES string of the molecule is O=C(NC12CC3CC(CC(C3)C1)C2)C1CN(C2CCNCC2)CCO1. The van der Waals surface area contributed by atoms with E-state index in [0.29, 0.717) is 12.6 Å². The Morgan fingerprint density at radius 2 is 1.68 bits per heavy atom. The number of amides is 1. The molecule has 2 saturated heterocycles. The van der Waals surface area contributed by atoms with Crippen LogP contribution in [0, 0.1) is 17.8 Å². The summed E-state index contributed by atoms with van der Waals surface area (Å²) in [7, 11) is 0. The second kappa shape index (κ2) is 6.50. The molecule has 0 aromatic heterocycles. The van der Waals surface area contributed by atoms with Gasteiger partial charge in [-0.2, -0.15) is 0 Å². The van der Waals surface area contributed by atoms with Crippen LogP contribution in [-0.2, 0) is 9.53 Å². The van der Waals surface area contributed by atoms with Crippen LogP contribution in [0.4, 0.5) is 0 Å². The van der Waals surface area contributed by atoms with Crippen LogP contribution < -0.4 is 10.6 Å². The van der Waals surface area contributed by atoms with Gasteiger partial charge in [0.1, 0.15) is 6.10 Å². The second-order valence-electron chi connectivity index (χ2n) is 9.52. The lowest BCUT2D eigenvalue weighted by Gasteiger charge is -2.57. The molecular formula is C20H33N3O2. The van der Waals surface area contributed by atoms with Crippen LogP contribution in [0.2, 0.25) is 0 Å². The maximum atomic E-state index is 13.0. The summed E-state index contributed by atoms with van der Waals surface area (Å²) in [6.07, 6.45) is 10.0. The van der Waals surface area contributed by atoms with Gasteiger partial charge in [-0.05, 0) is 82.2 Å². The number of carbonyl (C=O) groups is 1. The van der Waals surface area contributed by atoms with Gasteiger partial charge in [0.15, 0.2) is 0 Å². The van der Waals surface area contributed by atoms with Crippen molar-refractivity contribution in [3.05, 3.63) is 0 Å². The van der Waals surface area contributed by atoms with Crippen LogP contribution >= 0.6 is 0 Å². The standard InChI is InChI=1S/C20H33N3O2/c24-19(18-13-23(5-6-25-18)17-1-3-21-4-2-17)22-20-10-14-7-15(11-20)9-16(8-14)12-20/h14-18,21H,1-13H2,(H,22,24). The number of carbonyl (C=O) groups excluding carboxylic acids is 1. The van der Waals surface area contributed by atoms with Crippen molar-refractivity contribution in [1.29, 1.82) is 0 Å². The van der Waals surface area contributed by atoms with Gasteiger partial charge in [-0.1, -0.05) is 0 Å². The third kappa shape index (κ3) is 3.24. The zero-order valence-corrected chi connectivity index (χ0v) is 15.3. The average molecular weight is 348 g/mol. The Bertz CT molecular complexity index is 482. The van der Waals surface area contributed by atoms with Crippen LogP contribution in [0.25, 0.3) is 0 Å². The van der Waals surface area contributed by atoms with E-state index in [0.717, 1.165) is 43.9 Å². The summed E-state index contributed by atoms with van der Waals surface area (Å²) in [5, 5.41) is 6.95. The predicted octanol–water partition coefficient (Wildman–Crippen LogP) is 1.52. The maximum absolute atomic E-state index is 13.0. The smallest absolute Gasteiger partial charge is 0.250 e. The number of rotatable bonds is 3. The summed E-state index contributed by atoms with van der Waals surface area (Å²) >= 11 is 0. The zero-order valence-electron chi connectivity index (χ0n) is 15.3. The van der Waals surface area contributed by atoms with Crippen LogP contribution in [0.15, 0.2) is 0 Å². The number of ether oxygens (including phenoxy) is 1. The molecule has 0 spiro atoms. The molecule has 6 aliphatic rings.